The molecule has 0 radical (unpaired) electrons. The normalized spacial score (nSPS) is 10.0. The summed E-state index contributed by atoms with van der Waals surface area (Å²) < 4.78 is 10.8. The van der Waals surface area contributed by atoms with Crippen LogP contribution in [-0.4, -0.2) is 30.5 Å². The third-order valence-electron chi connectivity index (χ3n) is 3.17. The second-order valence-electron chi connectivity index (χ2n) is 4.99. The van der Waals surface area contributed by atoms with E-state index in [1.165, 1.54) is 31.5 Å². The Morgan fingerprint density at radius 2 is 1.76 bits per heavy atom. The number of hydrogen-bond donors (Lipinski definition) is 2. The lowest BCUT2D eigenvalue weighted by Gasteiger charge is -2.12. The first kappa shape index (κ1) is 18.5. The number of rotatable bonds is 6. The van der Waals surface area contributed by atoms with Crippen LogP contribution >= 0.6 is 11.6 Å². The van der Waals surface area contributed by atoms with Crippen LogP contribution in [0, 0.1) is 0 Å². The van der Waals surface area contributed by atoms with Gasteiger partial charge in [0.2, 0.25) is 0 Å². The van der Waals surface area contributed by atoms with Gasteiger partial charge in [0.05, 0.1) is 19.3 Å². The fourth-order valence-electron chi connectivity index (χ4n) is 1.91. The van der Waals surface area contributed by atoms with E-state index in [-0.39, 0.29) is 10.7 Å². The lowest BCUT2D eigenvalue weighted by molar-refractivity contribution is 0.0846. The summed E-state index contributed by atoms with van der Waals surface area (Å²) in [5.41, 5.74) is 5.22. The summed E-state index contributed by atoms with van der Waals surface area (Å²) in [6.45, 7) is 2.54. The number of carbonyl (C=O) groups is 2. The molecule has 0 aliphatic heterocycles. The number of hydrazine groups is 1. The molecular weight excluding hydrogens is 346 g/mol. The number of pyridine rings is 1. The van der Waals surface area contributed by atoms with E-state index in [9.17, 15) is 9.59 Å². The highest BCUT2D eigenvalue weighted by molar-refractivity contribution is 6.29. The van der Waals surface area contributed by atoms with Gasteiger partial charge in [-0.3, -0.25) is 20.4 Å². The summed E-state index contributed by atoms with van der Waals surface area (Å²) in [6, 6.07) is 7.75. The molecule has 1 aromatic heterocycles. The van der Waals surface area contributed by atoms with Crippen LogP contribution in [-0.2, 0) is 0 Å². The van der Waals surface area contributed by atoms with Crippen LogP contribution < -0.4 is 20.3 Å². The van der Waals surface area contributed by atoms with Crippen molar-refractivity contribution in [1.82, 2.24) is 15.8 Å². The molecule has 0 spiro atoms. The molecule has 8 heteroatoms. The number of benzene rings is 1. The zero-order valence-electron chi connectivity index (χ0n) is 13.8. The number of halogens is 1. The molecule has 7 nitrogen and oxygen atoms in total. The van der Waals surface area contributed by atoms with Gasteiger partial charge in [0.1, 0.15) is 5.15 Å². The Bertz CT molecular complexity index is 750. The average molecular weight is 364 g/mol. The van der Waals surface area contributed by atoms with Crippen molar-refractivity contribution in [3.05, 3.63) is 52.8 Å². The minimum Gasteiger partial charge on any atom is -0.493 e. The van der Waals surface area contributed by atoms with Crippen LogP contribution in [0.2, 0.25) is 5.15 Å². The third kappa shape index (κ3) is 5.09. The summed E-state index contributed by atoms with van der Waals surface area (Å²) in [6.07, 6.45) is 2.17. The quantitative estimate of drug-likeness (QED) is 0.608. The Balaban J connectivity index is 2.00. The fraction of sp³-hybridized carbons (Fsp3) is 0.235. The van der Waals surface area contributed by atoms with E-state index in [0.717, 1.165) is 6.42 Å². The van der Waals surface area contributed by atoms with E-state index in [1.807, 2.05) is 6.92 Å². The Morgan fingerprint density at radius 1 is 1.08 bits per heavy atom. The summed E-state index contributed by atoms with van der Waals surface area (Å²) in [7, 11) is 1.49. The van der Waals surface area contributed by atoms with Gasteiger partial charge in [0.15, 0.2) is 11.5 Å². The summed E-state index contributed by atoms with van der Waals surface area (Å²) in [5, 5.41) is 0.276. The molecule has 0 saturated carbocycles. The lowest BCUT2D eigenvalue weighted by Crippen LogP contribution is -2.41. The van der Waals surface area contributed by atoms with Crippen LogP contribution in [0.3, 0.4) is 0 Å². The third-order valence-corrected chi connectivity index (χ3v) is 3.39. The number of aromatic nitrogens is 1. The van der Waals surface area contributed by atoms with Gasteiger partial charge >= 0.3 is 0 Å². The van der Waals surface area contributed by atoms with Crippen molar-refractivity contribution in [2.75, 3.05) is 13.7 Å². The van der Waals surface area contributed by atoms with Crippen LogP contribution in [0.4, 0.5) is 0 Å². The first-order valence-electron chi connectivity index (χ1n) is 7.58. The molecule has 2 rings (SSSR count). The average Bonchev–Trinajstić information content (AvgIpc) is 2.64. The summed E-state index contributed by atoms with van der Waals surface area (Å²) in [4.78, 5) is 27.9. The van der Waals surface area contributed by atoms with Crippen LogP contribution in [0.1, 0.15) is 34.1 Å². The van der Waals surface area contributed by atoms with E-state index >= 15 is 0 Å². The molecular formula is C17H18ClN3O4. The zero-order chi connectivity index (χ0) is 18.2. The molecule has 0 fully saturated rings. The summed E-state index contributed by atoms with van der Waals surface area (Å²) in [5.74, 6) is -0.00510. The van der Waals surface area contributed by atoms with Crippen molar-refractivity contribution in [3.63, 3.8) is 0 Å². The maximum Gasteiger partial charge on any atom is 0.271 e. The number of methoxy groups -OCH3 is 1. The van der Waals surface area contributed by atoms with Gasteiger partial charge in [0, 0.05) is 11.8 Å². The van der Waals surface area contributed by atoms with Crippen molar-refractivity contribution < 1.29 is 19.1 Å². The predicted octanol–water partition coefficient (Wildman–Crippen LogP) is 2.61. The molecule has 1 aromatic carbocycles. The number of nitrogens with one attached hydrogen (secondary N) is 2. The highest BCUT2D eigenvalue weighted by atomic mass is 35.5. The SMILES string of the molecule is CCCOc1ccc(C(=O)NNC(=O)c2ccc(Cl)nc2)cc1OC. The van der Waals surface area contributed by atoms with E-state index in [1.54, 1.807) is 12.1 Å². The standard InChI is InChI=1S/C17H18ClN3O4/c1-3-8-25-13-6-4-11(9-14(13)24-2)16(22)20-21-17(23)12-5-7-15(18)19-10-12/h4-7,9-10H,3,8H2,1-2H3,(H,20,22)(H,21,23). The maximum absolute atomic E-state index is 12.2. The highest BCUT2D eigenvalue weighted by Gasteiger charge is 2.13. The molecule has 2 N–H and O–H groups in total. The lowest BCUT2D eigenvalue weighted by atomic mass is 10.2. The maximum atomic E-state index is 12.2. The van der Waals surface area contributed by atoms with E-state index in [0.29, 0.717) is 23.7 Å². The molecule has 25 heavy (non-hydrogen) atoms. The van der Waals surface area contributed by atoms with Gasteiger partial charge in [0.25, 0.3) is 11.8 Å². The van der Waals surface area contributed by atoms with Gasteiger partial charge in [-0.2, -0.15) is 0 Å². The zero-order valence-corrected chi connectivity index (χ0v) is 14.6. The van der Waals surface area contributed by atoms with E-state index in [4.69, 9.17) is 21.1 Å². The molecule has 0 saturated heterocycles. The van der Waals surface area contributed by atoms with Gasteiger partial charge < -0.3 is 9.47 Å². The number of nitrogens with zero attached hydrogens (tertiary/aromatic N) is 1. The molecule has 1 heterocycles. The van der Waals surface area contributed by atoms with Gasteiger partial charge in [-0.1, -0.05) is 18.5 Å². The molecule has 0 aliphatic rings. The van der Waals surface area contributed by atoms with Crippen molar-refractivity contribution in [3.8, 4) is 11.5 Å². The molecule has 0 bridgehead atoms. The molecule has 0 atom stereocenters. The topological polar surface area (TPSA) is 89.6 Å². The van der Waals surface area contributed by atoms with Gasteiger partial charge in [-0.15, -0.1) is 0 Å². The van der Waals surface area contributed by atoms with Crippen LogP contribution in [0.5, 0.6) is 11.5 Å². The van der Waals surface area contributed by atoms with Crippen LogP contribution in [0.25, 0.3) is 0 Å². The van der Waals surface area contributed by atoms with Crippen molar-refractivity contribution >= 4 is 23.4 Å². The largest absolute Gasteiger partial charge is 0.493 e. The predicted molar refractivity (Wildman–Crippen MR) is 93.0 cm³/mol. The second-order valence-corrected chi connectivity index (χ2v) is 5.38. The molecule has 132 valence electrons. The van der Waals surface area contributed by atoms with Crippen molar-refractivity contribution in [1.29, 1.82) is 0 Å². The molecule has 2 amide bonds. The fourth-order valence-corrected chi connectivity index (χ4v) is 2.02. The molecule has 0 aliphatic carbocycles. The minimum absolute atomic E-state index is 0.269. The van der Waals surface area contributed by atoms with Crippen LogP contribution in [0.15, 0.2) is 36.5 Å². The van der Waals surface area contributed by atoms with Gasteiger partial charge in [-0.05, 0) is 36.8 Å². The monoisotopic (exact) mass is 363 g/mol. The smallest absolute Gasteiger partial charge is 0.271 e. The Kier molecular flexibility index (Phi) is 6.59. The van der Waals surface area contributed by atoms with Crippen molar-refractivity contribution in [2.45, 2.75) is 13.3 Å². The molecule has 0 unspecified atom stereocenters. The highest BCUT2D eigenvalue weighted by Crippen LogP contribution is 2.28. The Labute approximate surface area is 150 Å². The second kappa shape index (κ2) is 8.89. The van der Waals surface area contributed by atoms with Crippen molar-refractivity contribution in [2.24, 2.45) is 0 Å². The molecule has 2 aromatic rings. The number of ether oxygens (including phenoxy) is 2. The summed E-state index contributed by atoms with van der Waals surface area (Å²) >= 11 is 5.66. The van der Waals surface area contributed by atoms with Gasteiger partial charge in [-0.25, -0.2) is 4.98 Å². The first-order chi connectivity index (χ1) is 12.0. The Morgan fingerprint density at radius 3 is 2.36 bits per heavy atom. The first-order valence-corrected chi connectivity index (χ1v) is 7.96. The Hall–Kier alpha value is -2.80. The minimum atomic E-state index is -0.507. The van der Waals surface area contributed by atoms with E-state index < -0.39 is 11.8 Å². The number of amides is 2. The van der Waals surface area contributed by atoms with E-state index in [2.05, 4.69) is 15.8 Å². The number of hydrogen-bond acceptors (Lipinski definition) is 5. The number of carbonyl (C=O) groups excluding carboxylic acids is 2.